The molecular formula is C12H16Br2FN. The summed E-state index contributed by atoms with van der Waals surface area (Å²) in [5.41, 5.74) is 0.990. The molecule has 1 aromatic rings. The smallest absolute Gasteiger partial charge is 0.137 e. The number of hydrogen-bond donors (Lipinski definition) is 0. The number of nitrogens with zero attached hydrogens (tertiary/aromatic N) is 1. The number of alkyl halides is 1. The number of hydrogen-bond acceptors (Lipinski definition) is 1. The maximum Gasteiger partial charge on any atom is 0.137 e. The first-order valence-electron chi connectivity index (χ1n) is 5.26. The van der Waals surface area contributed by atoms with Crippen molar-refractivity contribution in [3.63, 3.8) is 0 Å². The summed E-state index contributed by atoms with van der Waals surface area (Å²) in [5.74, 6) is -0.195. The zero-order chi connectivity index (χ0) is 12.1. The van der Waals surface area contributed by atoms with Gasteiger partial charge in [0.2, 0.25) is 0 Å². The van der Waals surface area contributed by atoms with E-state index in [2.05, 4.69) is 43.7 Å². The average Bonchev–Trinajstić information content (AvgIpc) is 2.22. The Morgan fingerprint density at radius 2 is 2.12 bits per heavy atom. The molecule has 0 aliphatic carbocycles. The van der Waals surface area contributed by atoms with Gasteiger partial charge >= 0.3 is 0 Å². The van der Waals surface area contributed by atoms with Crippen LogP contribution in [0.3, 0.4) is 0 Å². The third-order valence-corrected chi connectivity index (χ3v) is 3.73. The minimum Gasteiger partial charge on any atom is -0.302 e. The lowest BCUT2D eigenvalue weighted by atomic mass is 10.2. The molecule has 1 aromatic carbocycles. The summed E-state index contributed by atoms with van der Waals surface area (Å²) < 4.78 is 13.8. The van der Waals surface area contributed by atoms with Gasteiger partial charge in [0.15, 0.2) is 0 Å². The molecule has 4 heteroatoms. The molecule has 0 amide bonds. The van der Waals surface area contributed by atoms with E-state index in [1.54, 1.807) is 6.07 Å². The Balaban J connectivity index is 2.56. The Bertz CT molecular complexity index is 342. The van der Waals surface area contributed by atoms with Crippen molar-refractivity contribution in [1.82, 2.24) is 4.90 Å². The number of halogens is 3. The lowest BCUT2D eigenvalue weighted by molar-refractivity contribution is 0.321. The van der Waals surface area contributed by atoms with Gasteiger partial charge in [0.05, 0.1) is 4.47 Å². The van der Waals surface area contributed by atoms with E-state index in [9.17, 15) is 4.39 Å². The molecule has 1 rings (SSSR count). The van der Waals surface area contributed by atoms with E-state index in [4.69, 9.17) is 0 Å². The molecule has 0 saturated carbocycles. The highest BCUT2D eigenvalue weighted by Crippen LogP contribution is 2.21. The molecular weight excluding hydrogens is 337 g/mol. The molecule has 0 radical (unpaired) electrons. The minimum absolute atomic E-state index is 0.195. The van der Waals surface area contributed by atoms with Crippen molar-refractivity contribution in [1.29, 1.82) is 0 Å². The number of benzene rings is 1. The largest absolute Gasteiger partial charge is 0.302 e. The molecule has 0 aliphatic heterocycles. The fourth-order valence-corrected chi connectivity index (χ4v) is 2.03. The summed E-state index contributed by atoms with van der Waals surface area (Å²) in [6, 6.07) is 5.16. The summed E-state index contributed by atoms with van der Waals surface area (Å²) in [4.78, 5) is 2.71. The first-order chi connectivity index (χ1) is 7.50. The predicted octanol–water partition coefficient (Wildman–Crippen LogP) is 4.19. The number of rotatable bonds is 5. The van der Waals surface area contributed by atoms with Crippen molar-refractivity contribution in [3.8, 4) is 0 Å². The predicted molar refractivity (Wildman–Crippen MR) is 73.4 cm³/mol. The fourth-order valence-electron chi connectivity index (χ4n) is 1.44. The van der Waals surface area contributed by atoms with Crippen molar-refractivity contribution in [2.24, 2.45) is 0 Å². The van der Waals surface area contributed by atoms with Gasteiger partial charge in [-0.25, -0.2) is 4.39 Å². The highest BCUT2D eigenvalue weighted by atomic mass is 79.9. The van der Waals surface area contributed by atoms with Crippen molar-refractivity contribution < 1.29 is 4.39 Å². The highest BCUT2D eigenvalue weighted by Gasteiger charge is 2.08. The van der Waals surface area contributed by atoms with Gasteiger partial charge < -0.3 is 4.90 Å². The van der Waals surface area contributed by atoms with E-state index in [-0.39, 0.29) is 5.82 Å². The standard InChI is InChI=1S/C12H16Br2FN/c1-9(13)6-7-16(2)8-10-4-3-5-11(15)12(10)14/h3-5,9H,6-8H2,1-2H3. The third-order valence-electron chi connectivity index (χ3n) is 2.38. The van der Waals surface area contributed by atoms with E-state index in [1.165, 1.54) is 6.07 Å². The molecule has 0 spiro atoms. The molecule has 16 heavy (non-hydrogen) atoms. The molecule has 0 aliphatic rings. The quantitative estimate of drug-likeness (QED) is 0.718. The molecule has 0 aromatic heterocycles. The Morgan fingerprint density at radius 1 is 1.44 bits per heavy atom. The van der Waals surface area contributed by atoms with Crippen LogP contribution in [0.25, 0.3) is 0 Å². The normalized spacial score (nSPS) is 13.1. The lowest BCUT2D eigenvalue weighted by Crippen LogP contribution is -2.21. The van der Waals surface area contributed by atoms with Crippen LogP contribution in [0.2, 0.25) is 0 Å². The van der Waals surface area contributed by atoms with Gasteiger partial charge in [0.25, 0.3) is 0 Å². The summed E-state index contributed by atoms with van der Waals surface area (Å²) >= 11 is 6.80. The van der Waals surface area contributed by atoms with E-state index in [0.717, 1.165) is 25.1 Å². The van der Waals surface area contributed by atoms with Gasteiger partial charge in [-0.1, -0.05) is 35.0 Å². The van der Waals surface area contributed by atoms with E-state index in [0.29, 0.717) is 9.30 Å². The van der Waals surface area contributed by atoms with Gasteiger partial charge in [-0.05, 0) is 47.6 Å². The SMILES string of the molecule is CC(Br)CCN(C)Cc1cccc(F)c1Br. The van der Waals surface area contributed by atoms with Crippen molar-refractivity contribution in [3.05, 3.63) is 34.1 Å². The van der Waals surface area contributed by atoms with Gasteiger partial charge in [-0.3, -0.25) is 0 Å². The molecule has 1 atom stereocenters. The maximum absolute atomic E-state index is 13.3. The fraction of sp³-hybridized carbons (Fsp3) is 0.500. The zero-order valence-electron chi connectivity index (χ0n) is 9.51. The van der Waals surface area contributed by atoms with E-state index < -0.39 is 0 Å². The van der Waals surface area contributed by atoms with Gasteiger partial charge in [0, 0.05) is 11.4 Å². The monoisotopic (exact) mass is 351 g/mol. The van der Waals surface area contributed by atoms with Gasteiger partial charge in [0.1, 0.15) is 5.82 Å². The average molecular weight is 353 g/mol. The van der Waals surface area contributed by atoms with Gasteiger partial charge in [-0.15, -0.1) is 0 Å². The minimum atomic E-state index is -0.195. The Labute approximate surface area is 113 Å². The van der Waals surface area contributed by atoms with Crippen LogP contribution in [0.4, 0.5) is 4.39 Å². The summed E-state index contributed by atoms with van der Waals surface area (Å²) in [6.45, 7) is 3.89. The summed E-state index contributed by atoms with van der Waals surface area (Å²) in [5, 5.41) is 0. The Kier molecular flexibility index (Phi) is 5.94. The second-order valence-corrected chi connectivity index (χ2v) is 6.38. The van der Waals surface area contributed by atoms with Crippen LogP contribution >= 0.6 is 31.9 Å². The summed E-state index contributed by atoms with van der Waals surface area (Å²) in [6.07, 6.45) is 1.09. The van der Waals surface area contributed by atoms with Crippen LogP contribution in [0.5, 0.6) is 0 Å². The van der Waals surface area contributed by atoms with E-state index in [1.807, 2.05) is 13.1 Å². The molecule has 0 heterocycles. The van der Waals surface area contributed by atoms with Crippen molar-refractivity contribution in [2.45, 2.75) is 24.7 Å². The molecule has 1 unspecified atom stereocenters. The van der Waals surface area contributed by atoms with Crippen LogP contribution in [0.15, 0.2) is 22.7 Å². The molecule has 90 valence electrons. The molecule has 0 bridgehead atoms. The van der Waals surface area contributed by atoms with Crippen molar-refractivity contribution in [2.75, 3.05) is 13.6 Å². The van der Waals surface area contributed by atoms with Crippen LogP contribution in [-0.2, 0) is 6.54 Å². The maximum atomic E-state index is 13.3. The molecule has 0 saturated heterocycles. The first kappa shape index (κ1) is 14.1. The molecule has 0 fully saturated rings. The van der Waals surface area contributed by atoms with Crippen LogP contribution in [0, 0.1) is 5.82 Å². The Hall–Kier alpha value is 0.0700. The van der Waals surface area contributed by atoms with Crippen LogP contribution in [0.1, 0.15) is 18.9 Å². The first-order valence-corrected chi connectivity index (χ1v) is 6.97. The third kappa shape index (κ3) is 4.52. The topological polar surface area (TPSA) is 3.24 Å². The molecule has 1 nitrogen and oxygen atoms in total. The molecule has 0 N–H and O–H groups in total. The lowest BCUT2D eigenvalue weighted by Gasteiger charge is -2.18. The Morgan fingerprint density at radius 3 is 2.75 bits per heavy atom. The van der Waals surface area contributed by atoms with Gasteiger partial charge in [-0.2, -0.15) is 0 Å². The van der Waals surface area contributed by atoms with Crippen LogP contribution < -0.4 is 0 Å². The highest BCUT2D eigenvalue weighted by molar-refractivity contribution is 9.10. The van der Waals surface area contributed by atoms with Crippen LogP contribution in [-0.4, -0.2) is 23.3 Å². The zero-order valence-corrected chi connectivity index (χ0v) is 12.7. The van der Waals surface area contributed by atoms with E-state index >= 15 is 0 Å². The van der Waals surface area contributed by atoms with Crippen molar-refractivity contribution >= 4 is 31.9 Å². The second-order valence-electron chi connectivity index (χ2n) is 4.02. The summed E-state index contributed by atoms with van der Waals surface area (Å²) in [7, 11) is 2.05. The second kappa shape index (κ2) is 6.72.